The van der Waals surface area contributed by atoms with E-state index in [9.17, 15) is 14.4 Å². The third-order valence-corrected chi connectivity index (χ3v) is 7.25. The van der Waals surface area contributed by atoms with E-state index in [1.807, 2.05) is 60.8 Å². The van der Waals surface area contributed by atoms with Crippen molar-refractivity contribution in [2.24, 2.45) is 10.9 Å². The minimum atomic E-state index is -1.11. The summed E-state index contributed by atoms with van der Waals surface area (Å²) in [5.74, 6) is 0.0543. The van der Waals surface area contributed by atoms with E-state index in [-0.39, 0.29) is 18.2 Å². The van der Waals surface area contributed by atoms with Crippen molar-refractivity contribution in [3.8, 4) is 0 Å². The minimum absolute atomic E-state index is 0.0402. The minimum Gasteiger partial charge on any atom is -0.308 e. The monoisotopic (exact) mass is 516 g/mol. The first-order valence-electron chi connectivity index (χ1n) is 12.4. The van der Waals surface area contributed by atoms with E-state index in [0.717, 1.165) is 34.5 Å². The van der Waals surface area contributed by atoms with Gasteiger partial charge < -0.3 is 15.5 Å². The molecule has 0 fully saturated rings. The molecule has 0 saturated carbocycles. The smallest absolute Gasteiger partial charge is 0.308 e. The number of amides is 3. The zero-order valence-corrected chi connectivity index (χ0v) is 22.4. The van der Waals surface area contributed by atoms with Crippen molar-refractivity contribution >= 4 is 46.1 Å². The van der Waals surface area contributed by atoms with E-state index in [1.165, 1.54) is 18.3 Å². The van der Waals surface area contributed by atoms with E-state index >= 15 is 0 Å². The zero-order chi connectivity index (χ0) is 26.5. The number of hydrogen-bond donors (Lipinski definition) is 2. The maximum atomic E-state index is 13.9. The quantitative estimate of drug-likeness (QED) is 0.350. The number of aryl methyl sites for hydroxylation is 1. The first-order chi connectivity index (χ1) is 17.7. The van der Waals surface area contributed by atoms with Crippen LogP contribution in [-0.2, 0) is 11.3 Å². The van der Waals surface area contributed by atoms with Crippen LogP contribution in [0.1, 0.15) is 60.0 Å². The molecule has 0 aliphatic carbocycles. The number of aliphatic imine (C=N–C) groups is 1. The molecule has 0 bridgehead atoms. The molecule has 7 nitrogen and oxygen atoms in total. The number of nitrogens with zero attached hydrogens (tertiary/aromatic N) is 2. The molecule has 0 radical (unpaired) electrons. The molecule has 0 spiro atoms. The van der Waals surface area contributed by atoms with Gasteiger partial charge in [-0.1, -0.05) is 44.2 Å². The first-order valence-corrected chi connectivity index (χ1v) is 13.3. The Morgan fingerprint density at radius 1 is 1.11 bits per heavy atom. The number of anilines is 2. The summed E-state index contributed by atoms with van der Waals surface area (Å²) in [6, 6.07) is 16.5. The summed E-state index contributed by atoms with van der Waals surface area (Å²) in [6.07, 6.45) is 0.450. The Morgan fingerprint density at radius 3 is 2.62 bits per heavy atom. The number of Topliss-reactive ketones (excluding diaryl/α,β-unsaturated/α-hetero) is 1. The van der Waals surface area contributed by atoms with Crippen molar-refractivity contribution in [1.82, 2.24) is 5.32 Å². The molecule has 1 aliphatic rings. The maximum Gasteiger partial charge on any atom is 0.321 e. The molecule has 1 atom stereocenters. The van der Waals surface area contributed by atoms with Gasteiger partial charge in [0.05, 0.1) is 17.1 Å². The van der Waals surface area contributed by atoms with E-state index < -0.39 is 12.2 Å². The van der Waals surface area contributed by atoms with Crippen LogP contribution >= 0.6 is 11.3 Å². The number of nitrogens with one attached hydrogen (secondary N) is 2. The Hall–Kier alpha value is -3.78. The highest BCUT2D eigenvalue weighted by Gasteiger charge is 2.33. The van der Waals surface area contributed by atoms with Crippen LogP contribution in [0.3, 0.4) is 0 Å². The van der Waals surface area contributed by atoms with Gasteiger partial charge >= 0.3 is 6.03 Å². The van der Waals surface area contributed by atoms with Crippen LogP contribution in [0.4, 0.5) is 16.2 Å². The molecular weight excluding hydrogens is 484 g/mol. The Kier molecular flexibility index (Phi) is 8.18. The number of ketones is 1. The highest BCUT2D eigenvalue weighted by molar-refractivity contribution is 7.12. The summed E-state index contributed by atoms with van der Waals surface area (Å²) in [5.41, 5.74) is 4.77. The summed E-state index contributed by atoms with van der Waals surface area (Å²) in [7, 11) is 0. The molecule has 3 aromatic rings. The number of thiophene rings is 1. The van der Waals surface area contributed by atoms with Crippen molar-refractivity contribution in [1.29, 1.82) is 0 Å². The van der Waals surface area contributed by atoms with Gasteiger partial charge in [-0.15, -0.1) is 11.3 Å². The fraction of sp³-hybridized carbons (Fsp3) is 0.310. The second kappa shape index (κ2) is 11.5. The third kappa shape index (κ3) is 6.32. The topological polar surface area (TPSA) is 90.9 Å². The van der Waals surface area contributed by atoms with Crippen LogP contribution in [0.25, 0.3) is 0 Å². The number of hydrogen-bond acceptors (Lipinski definition) is 5. The van der Waals surface area contributed by atoms with E-state index in [2.05, 4.69) is 24.5 Å². The van der Waals surface area contributed by atoms with Crippen LogP contribution in [0, 0.1) is 12.8 Å². The van der Waals surface area contributed by atoms with Crippen LogP contribution in [0.5, 0.6) is 0 Å². The summed E-state index contributed by atoms with van der Waals surface area (Å²) >= 11 is 1.36. The predicted molar refractivity (Wildman–Crippen MR) is 150 cm³/mol. The average Bonchev–Trinajstić information content (AvgIpc) is 3.29. The SMILES string of the molecule is CC(=O)c1sccc1CN1C(=O)[C@H](NC(=O)Nc2cccc(C)c2)N=C(CCC(C)C)c2ccccc21. The molecule has 1 aromatic heterocycles. The van der Waals surface area contributed by atoms with Gasteiger partial charge in [-0.3, -0.25) is 14.6 Å². The number of fused-ring (bicyclic) bond motifs is 1. The van der Waals surface area contributed by atoms with Gasteiger partial charge in [-0.05, 0) is 73.4 Å². The van der Waals surface area contributed by atoms with Gasteiger partial charge in [-0.2, -0.15) is 0 Å². The Balaban J connectivity index is 1.70. The maximum absolute atomic E-state index is 13.9. The summed E-state index contributed by atoms with van der Waals surface area (Å²) in [5, 5.41) is 7.45. The molecule has 0 saturated heterocycles. The lowest BCUT2D eigenvalue weighted by Crippen LogP contribution is -2.48. The molecule has 0 unspecified atom stereocenters. The van der Waals surface area contributed by atoms with Crippen LogP contribution in [0.15, 0.2) is 65.0 Å². The van der Waals surface area contributed by atoms with Crippen molar-refractivity contribution in [2.75, 3.05) is 10.2 Å². The molecule has 37 heavy (non-hydrogen) atoms. The number of carbonyl (C=O) groups is 3. The lowest BCUT2D eigenvalue weighted by atomic mass is 9.99. The van der Waals surface area contributed by atoms with Crippen LogP contribution in [0.2, 0.25) is 0 Å². The third-order valence-electron chi connectivity index (χ3n) is 6.19. The van der Waals surface area contributed by atoms with Crippen LogP contribution < -0.4 is 15.5 Å². The fourth-order valence-electron chi connectivity index (χ4n) is 4.34. The highest BCUT2D eigenvalue weighted by atomic mass is 32.1. The number of benzodiazepines with no additional fused rings is 1. The Bertz CT molecular complexity index is 1340. The standard InChI is InChI=1S/C29H32N4O3S/c1-18(2)12-13-24-23-10-5-6-11-25(23)33(17-21-14-15-37-26(21)20(4)34)28(35)27(31-24)32-29(36)30-22-9-7-8-19(3)16-22/h5-11,14-16,18,27H,12-13,17H2,1-4H3,(H2,30,32,36)/t27-/m0/s1. The second-order valence-corrected chi connectivity index (χ2v) is 10.6. The number of carbonyl (C=O) groups excluding carboxylic acids is 3. The van der Waals surface area contributed by atoms with Gasteiger partial charge in [0.25, 0.3) is 5.91 Å². The summed E-state index contributed by atoms with van der Waals surface area (Å²) < 4.78 is 0. The first kappa shape index (κ1) is 26.3. The van der Waals surface area contributed by atoms with Crippen molar-refractivity contribution in [3.63, 3.8) is 0 Å². The van der Waals surface area contributed by atoms with E-state index in [4.69, 9.17) is 4.99 Å². The van der Waals surface area contributed by atoms with Gasteiger partial charge in [0, 0.05) is 17.0 Å². The van der Waals surface area contributed by atoms with Crippen LogP contribution in [-0.4, -0.2) is 29.6 Å². The number of para-hydroxylation sites is 1. The molecule has 2 aromatic carbocycles. The lowest BCUT2D eigenvalue weighted by Gasteiger charge is -2.25. The van der Waals surface area contributed by atoms with Gasteiger partial charge in [0.2, 0.25) is 6.17 Å². The Morgan fingerprint density at radius 2 is 1.89 bits per heavy atom. The molecule has 8 heteroatoms. The predicted octanol–water partition coefficient (Wildman–Crippen LogP) is 6.18. The molecule has 192 valence electrons. The molecule has 2 N–H and O–H groups in total. The van der Waals surface area contributed by atoms with E-state index in [0.29, 0.717) is 22.9 Å². The highest BCUT2D eigenvalue weighted by Crippen LogP contribution is 2.31. The molecule has 1 aliphatic heterocycles. The number of benzene rings is 2. The number of urea groups is 1. The van der Waals surface area contributed by atoms with Crippen molar-refractivity contribution in [2.45, 2.75) is 53.2 Å². The van der Waals surface area contributed by atoms with Gasteiger partial charge in [0.15, 0.2) is 5.78 Å². The average molecular weight is 517 g/mol. The van der Waals surface area contributed by atoms with Crippen molar-refractivity contribution in [3.05, 3.63) is 81.5 Å². The number of rotatable bonds is 8. The normalized spacial score (nSPS) is 15.2. The van der Waals surface area contributed by atoms with Crippen molar-refractivity contribution < 1.29 is 14.4 Å². The lowest BCUT2D eigenvalue weighted by molar-refractivity contribution is -0.120. The summed E-state index contributed by atoms with van der Waals surface area (Å²) in [4.78, 5) is 46.1. The van der Waals surface area contributed by atoms with E-state index in [1.54, 1.807) is 11.0 Å². The van der Waals surface area contributed by atoms with Gasteiger partial charge in [-0.25, -0.2) is 4.79 Å². The molecule has 3 amide bonds. The largest absolute Gasteiger partial charge is 0.321 e. The second-order valence-electron chi connectivity index (χ2n) is 9.65. The zero-order valence-electron chi connectivity index (χ0n) is 21.6. The molecule has 4 rings (SSSR count). The summed E-state index contributed by atoms with van der Waals surface area (Å²) in [6.45, 7) is 7.97. The Labute approximate surface area is 221 Å². The molecular formula is C29H32N4O3S. The molecule has 2 heterocycles. The van der Waals surface area contributed by atoms with Gasteiger partial charge in [0.1, 0.15) is 0 Å². The fourth-order valence-corrected chi connectivity index (χ4v) is 5.15.